The third-order valence-electron chi connectivity index (χ3n) is 17.3. The first-order chi connectivity index (χ1) is 53.1. The number of nitrogens with one attached hydrogen (secondary N) is 9. The lowest BCUT2D eigenvalue weighted by Crippen LogP contribution is -2.59. The topological polar surface area (TPSA) is 407 Å². The maximum atomic E-state index is 14.3. The number of benzene rings is 2. The van der Waals surface area contributed by atoms with Crippen LogP contribution in [0.4, 0.5) is 15.3 Å². The zero-order valence-electron chi connectivity index (χ0n) is 70.9. The molecule has 3 aromatic rings. The van der Waals surface area contributed by atoms with Gasteiger partial charge in [-0.25, -0.2) is 14.4 Å². The fraction of sp³-hybridized carbons (Fsp3) is 0.679. The summed E-state index contributed by atoms with van der Waals surface area (Å²) in [6.07, 6.45) is 0.234. The monoisotopic (exact) mass is 1600 g/mol. The van der Waals surface area contributed by atoms with E-state index < -0.39 is 105 Å². The van der Waals surface area contributed by atoms with Gasteiger partial charge >= 0.3 is 17.8 Å². The van der Waals surface area contributed by atoms with Crippen molar-refractivity contribution < 1.29 is 95.1 Å². The van der Waals surface area contributed by atoms with Gasteiger partial charge in [0.1, 0.15) is 43.4 Å². The average molecular weight is 1600 g/mol. The molecule has 0 aliphatic rings. The van der Waals surface area contributed by atoms with E-state index in [4.69, 9.17) is 50.2 Å². The zero-order valence-corrected chi connectivity index (χ0v) is 70.9. The van der Waals surface area contributed by atoms with Crippen LogP contribution in [0.25, 0.3) is 11.0 Å². The Morgan fingerprint density at radius 2 is 1.00 bits per heavy atom. The Bertz CT molecular complexity index is 3510. The van der Waals surface area contributed by atoms with Crippen LogP contribution >= 0.6 is 0 Å². The minimum atomic E-state index is -1.53. The van der Waals surface area contributed by atoms with Gasteiger partial charge in [-0.1, -0.05) is 39.3 Å². The van der Waals surface area contributed by atoms with Crippen LogP contribution in [-0.4, -0.2) is 234 Å². The van der Waals surface area contributed by atoms with Crippen molar-refractivity contribution in [3.8, 4) is 5.75 Å². The average Bonchev–Trinajstić information content (AvgIpc) is 0.832. The van der Waals surface area contributed by atoms with Crippen molar-refractivity contribution in [2.45, 2.75) is 252 Å². The fourth-order valence-corrected chi connectivity index (χ4v) is 10.7. The summed E-state index contributed by atoms with van der Waals surface area (Å²) in [5.74, 6) is -4.97. The number of fused-ring (bicyclic) bond motifs is 1. The van der Waals surface area contributed by atoms with E-state index in [9.17, 15) is 57.5 Å². The molecule has 2 atom stereocenters. The Morgan fingerprint density at radius 3 is 1.49 bits per heavy atom. The lowest BCUT2D eigenvalue weighted by atomic mass is 9.85. The van der Waals surface area contributed by atoms with Crippen LogP contribution in [0, 0.1) is 5.92 Å². The van der Waals surface area contributed by atoms with Crippen molar-refractivity contribution in [1.82, 2.24) is 52.3 Å². The second-order valence-electron chi connectivity index (χ2n) is 33.4. The molecule has 0 aliphatic carbocycles. The van der Waals surface area contributed by atoms with Crippen molar-refractivity contribution >= 4 is 89.9 Å². The zero-order chi connectivity index (χ0) is 85.7. The molecule has 1 heterocycles. The molecule has 33 heteroatoms. The number of rotatable bonds is 52. The van der Waals surface area contributed by atoms with E-state index in [1.807, 2.05) is 90.0 Å². The number of hydrogen-bond acceptors (Lipinski definition) is 21. The molecule has 32 nitrogen and oxygen atoms in total. The molecule has 1 aromatic heterocycles. The summed E-state index contributed by atoms with van der Waals surface area (Å²) < 4.78 is 52.0. The summed E-state index contributed by atoms with van der Waals surface area (Å²) >= 11 is 0. The van der Waals surface area contributed by atoms with Crippen LogP contribution in [-0.2, 0) is 82.9 Å². The molecule has 0 aliphatic heterocycles. The second kappa shape index (κ2) is 47.9. The minimum absolute atomic E-state index is 0.0760. The highest BCUT2D eigenvalue weighted by Gasteiger charge is 2.36. The Kier molecular flexibility index (Phi) is 41.8. The highest BCUT2D eigenvalue weighted by Crippen LogP contribution is 2.22. The van der Waals surface area contributed by atoms with Crippen LogP contribution in [0.3, 0.4) is 0 Å². The van der Waals surface area contributed by atoms with Gasteiger partial charge in [-0.15, -0.1) is 0 Å². The molecule has 0 saturated heterocycles. The largest absolute Gasteiger partial charge is 0.445 e. The van der Waals surface area contributed by atoms with E-state index in [0.29, 0.717) is 62.0 Å². The fourth-order valence-electron chi connectivity index (χ4n) is 10.7. The molecule has 114 heavy (non-hydrogen) atoms. The Hall–Kier alpha value is -8.76. The lowest BCUT2D eigenvalue weighted by molar-refractivity contribution is -0.132. The van der Waals surface area contributed by atoms with Crippen LogP contribution in [0.5, 0.6) is 5.75 Å². The number of anilines is 1. The van der Waals surface area contributed by atoms with Crippen molar-refractivity contribution in [1.29, 1.82) is 0 Å². The molecule has 638 valence electrons. The summed E-state index contributed by atoms with van der Waals surface area (Å²) in [6.45, 7) is 30.8. The first kappa shape index (κ1) is 99.4. The van der Waals surface area contributed by atoms with Crippen LogP contribution in [0.2, 0.25) is 0 Å². The van der Waals surface area contributed by atoms with Gasteiger partial charge in [0.2, 0.25) is 53.2 Å². The smallest absolute Gasteiger partial charge is 0.415 e. The number of carbonyl (C=O) groups excluding carboxylic acids is 11. The maximum absolute atomic E-state index is 14.3. The van der Waals surface area contributed by atoms with E-state index in [0.717, 1.165) is 0 Å². The van der Waals surface area contributed by atoms with Gasteiger partial charge in [0, 0.05) is 137 Å². The molecule has 11 amide bonds. The van der Waals surface area contributed by atoms with Crippen molar-refractivity contribution in [2.24, 2.45) is 5.92 Å². The van der Waals surface area contributed by atoms with Gasteiger partial charge < -0.3 is 100.0 Å². The third kappa shape index (κ3) is 43.7. The van der Waals surface area contributed by atoms with Crippen molar-refractivity contribution in [3.63, 3.8) is 0 Å². The van der Waals surface area contributed by atoms with E-state index in [2.05, 4.69) is 47.9 Å². The first-order valence-electron chi connectivity index (χ1n) is 39.1. The third-order valence-corrected chi connectivity index (χ3v) is 17.3. The standard InChI is InChI=1S/C81H130BN11O21/c1-20-21-22-62(94)86-60(30-31-63(95)87-70(55(2)3)72(103)84-50-68(100)85-58-27-23-56(24-28-58)51-109-73(104)92(18)41-42-93(19)74(105)113-59-29-25-57-26-32-69(101)114-61(57)49-59)71(102)83-40-33-64(96)91-81(52-106-43-34-65(97)88-77(10,11)37-46-110-75(4,5)6,53-107-44-35-66(98)89-78(12,13)38-47-111-76(7,8)9)54-108-45-36-67(99)90-79(14,15)39-48-112-80(16,17)82/h23-29,32,49,55,60,70H,20-22,30-31,33-48,50-54H2,1-19H3,(H,83,102)(H,84,103)(H,85,100)(H,86,94)(H,87,95)(H,88,97)(H,89,98)(H,90,99)(H,91,96)/t60-,70?/m0/s1. The summed E-state index contributed by atoms with van der Waals surface area (Å²) in [6, 6.07) is 11.5. The number of amides is 11. The normalized spacial score (nSPS) is 12.7. The molecule has 0 spiro atoms. The molecule has 0 bridgehead atoms. The van der Waals surface area contributed by atoms with Crippen LogP contribution in [0.15, 0.2) is 63.8 Å². The van der Waals surface area contributed by atoms with Gasteiger partial charge in [-0.3, -0.25) is 43.2 Å². The quantitative estimate of drug-likeness (QED) is 0.0154. The summed E-state index contributed by atoms with van der Waals surface area (Å²) in [4.78, 5) is 162. The van der Waals surface area contributed by atoms with Crippen LogP contribution < -0.4 is 58.2 Å². The van der Waals surface area contributed by atoms with Crippen molar-refractivity contribution in [2.75, 3.05) is 105 Å². The number of ether oxygens (including phenoxy) is 8. The Labute approximate surface area is 674 Å². The van der Waals surface area contributed by atoms with Gasteiger partial charge in [-0.05, 0) is 171 Å². The number of likely N-dealkylation sites (N-methyl/N-ethyl adjacent to an activating group) is 2. The highest BCUT2D eigenvalue weighted by atomic mass is 16.6. The first-order valence-corrected chi connectivity index (χ1v) is 39.1. The van der Waals surface area contributed by atoms with E-state index >= 15 is 0 Å². The molecule has 2 aromatic carbocycles. The summed E-state index contributed by atoms with van der Waals surface area (Å²) in [5, 5.41) is 26.0. The van der Waals surface area contributed by atoms with E-state index in [1.165, 1.54) is 36.0 Å². The lowest BCUT2D eigenvalue weighted by Gasteiger charge is -2.34. The maximum Gasteiger partial charge on any atom is 0.415 e. The van der Waals surface area contributed by atoms with Gasteiger partial charge in [-0.2, -0.15) is 0 Å². The predicted octanol–water partition coefficient (Wildman–Crippen LogP) is 7.13. The predicted molar refractivity (Wildman–Crippen MR) is 432 cm³/mol. The van der Waals surface area contributed by atoms with Gasteiger partial charge in [0.15, 0.2) is 0 Å². The highest BCUT2D eigenvalue weighted by molar-refractivity contribution is 6.13. The van der Waals surface area contributed by atoms with Gasteiger partial charge in [0.25, 0.3) is 0 Å². The molecular formula is C81H130BN11O21. The molecular weight excluding hydrogens is 1470 g/mol. The Morgan fingerprint density at radius 1 is 0.518 bits per heavy atom. The number of nitrogens with zero attached hydrogens (tertiary/aromatic N) is 2. The molecule has 0 saturated carbocycles. The number of unbranched alkanes of at least 4 members (excludes halogenated alkanes) is 1. The van der Waals surface area contributed by atoms with E-state index in [1.54, 1.807) is 70.2 Å². The Balaban J connectivity index is 1.70. The number of hydrogen-bond donors (Lipinski definition) is 9. The molecule has 2 radical (unpaired) electrons. The van der Waals surface area contributed by atoms with Crippen LogP contribution in [0.1, 0.15) is 200 Å². The number of carbonyl (C=O) groups is 11. The molecule has 3 rings (SSSR count). The van der Waals surface area contributed by atoms with E-state index in [-0.39, 0.29) is 158 Å². The molecule has 0 fully saturated rings. The molecule has 9 N–H and O–H groups in total. The minimum Gasteiger partial charge on any atom is -0.445 e. The van der Waals surface area contributed by atoms with Gasteiger partial charge in [0.05, 0.1) is 57.4 Å². The SMILES string of the molecule is [B]C(C)(C)OCCC(C)(C)NC(=O)CCOCC(COCCC(=O)NC(C)(C)CCOC(C)(C)C)(COCCC(=O)NC(C)(C)CCOC(C)(C)C)NC(=O)CCNC(=O)[C@H](CCC(=O)NC(C(=O)NCC(=O)Nc1ccc(COC(=O)N(C)CCN(C)C(=O)Oc2ccc3ccc(=O)oc3c2)cc1)C(C)C)NC(=O)CCCC. The summed E-state index contributed by atoms with van der Waals surface area (Å²) in [7, 11) is 8.99. The molecule has 1 unspecified atom stereocenters. The second-order valence-corrected chi connectivity index (χ2v) is 33.4. The van der Waals surface area contributed by atoms with Crippen molar-refractivity contribution in [3.05, 3.63) is 70.6 Å². The summed E-state index contributed by atoms with van der Waals surface area (Å²) in [5.41, 5.74) is -4.42.